The predicted molar refractivity (Wildman–Crippen MR) is 356 cm³/mol. The Morgan fingerprint density at radius 1 is 0.449 bits per heavy atom. The van der Waals surface area contributed by atoms with Crippen molar-refractivity contribution < 1.29 is 95.3 Å². The number of carbonyl (C=O) groups is 10. The molecular weight excluding hydrogens is 1150 g/mol. The van der Waals surface area contributed by atoms with E-state index in [9.17, 15) is 47.9 Å². The lowest BCUT2D eigenvalue weighted by Gasteiger charge is -2.27. The molecule has 534 valence electrons. The first-order valence-electron chi connectivity index (χ1n) is 27.7. The second-order valence-corrected chi connectivity index (χ2v) is 26.7. The van der Waals surface area contributed by atoms with Gasteiger partial charge in [0.25, 0.3) is 0 Å². The quantitative estimate of drug-likeness (QED) is 0.109. The maximum Gasteiger partial charge on any atom is 0.351 e. The van der Waals surface area contributed by atoms with E-state index in [0.717, 1.165) is 0 Å². The minimum atomic E-state index is -1.15. The number of hydrogen-bond acceptors (Lipinski definition) is 20. The minimum absolute atomic E-state index is 0. The number of hydrogen-bond donors (Lipinski definition) is 0. The van der Waals surface area contributed by atoms with Crippen molar-refractivity contribution in [3.8, 4) is 0 Å². The highest BCUT2D eigenvalue weighted by Crippen LogP contribution is 2.39. The van der Waals surface area contributed by atoms with Crippen molar-refractivity contribution in [3.63, 3.8) is 0 Å². The van der Waals surface area contributed by atoms with E-state index < -0.39 is 103 Å². The largest absolute Gasteiger partial charge is 0.463 e. The zero-order valence-electron chi connectivity index (χ0n) is 52.3. The Labute approximate surface area is 543 Å². The van der Waals surface area contributed by atoms with Crippen LogP contribution in [0, 0.1) is 32.5 Å². The van der Waals surface area contributed by atoms with Crippen molar-refractivity contribution in [2.45, 2.75) is 345 Å². The summed E-state index contributed by atoms with van der Waals surface area (Å²) in [5.74, 6) is -3.91. The maximum atomic E-state index is 12.0. The van der Waals surface area contributed by atoms with Gasteiger partial charge in [0.1, 0.15) is 23.9 Å². The summed E-state index contributed by atoms with van der Waals surface area (Å²) in [6.45, 7) is 44.2. The Kier molecular flexibility index (Phi) is 47.2. The van der Waals surface area contributed by atoms with E-state index >= 15 is 0 Å². The Balaban J connectivity index is -0.000000107. The summed E-state index contributed by atoms with van der Waals surface area (Å²) in [7, 11) is 0. The smallest absolute Gasteiger partial charge is 0.351 e. The Morgan fingerprint density at radius 2 is 0.809 bits per heavy atom. The van der Waals surface area contributed by atoms with Crippen molar-refractivity contribution >= 4 is 59.7 Å². The molecule has 20 heteroatoms. The zero-order chi connectivity index (χ0) is 61.9. The summed E-state index contributed by atoms with van der Waals surface area (Å²) in [4.78, 5) is 116. The van der Waals surface area contributed by atoms with Crippen LogP contribution in [0.3, 0.4) is 0 Å². The van der Waals surface area contributed by atoms with Crippen LogP contribution in [-0.2, 0) is 95.3 Å². The standard InChI is InChI=1S/C13H22O4.2C12H20O4.2C11H18O4.10CH4/c1-7-11(2,3)9(14)17-13(6)8-12(4,5)16-10(13)15;1-6-11(2,3)10(14)16-8-9(13)15-7-12(8,4)5;1-6-11(2,3)10(14)15-8-7-12(4,5)16-9(8)13;1-5-10(2,3)8(12)15-11(4)6-7-14-9(11)13;1-5-11(3,4)10(13)15-8-6-7(2)14-9(8)12;;;;;;;;;;/h7-8H2,1-6H3;2*8H,6-7H2,1-5H3;5-7H2,1-4H3;7-8H,5-6H2,1-4H3;10*1H4. The highest BCUT2D eigenvalue weighted by atomic mass is 16.6. The lowest BCUT2D eigenvalue weighted by molar-refractivity contribution is -0.178. The van der Waals surface area contributed by atoms with Crippen LogP contribution in [0.4, 0.5) is 0 Å². The molecule has 89 heavy (non-hydrogen) atoms. The van der Waals surface area contributed by atoms with Crippen molar-refractivity contribution in [1.82, 2.24) is 0 Å². The molecule has 5 rings (SSSR count). The fraction of sp³-hybridized carbons (Fsp3) is 0.855. The number of ether oxygens (including phenoxy) is 10. The van der Waals surface area contributed by atoms with Crippen LogP contribution >= 0.6 is 0 Å². The van der Waals surface area contributed by atoms with Crippen LogP contribution in [0.5, 0.6) is 0 Å². The average molecular weight is 1290 g/mol. The van der Waals surface area contributed by atoms with Crippen molar-refractivity contribution in [2.75, 3.05) is 13.2 Å². The normalized spacial score (nSPS) is 22.8. The summed E-state index contributed by atoms with van der Waals surface area (Å²) >= 11 is 0. The van der Waals surface area contributed by atoms with E-state index in [1.54, 1.807) is 62.3 Å². The third-order valence-corrected chi connectivity index (χ3v) is 15.3. The van der Waals surface area contributed by atoms with Crippen LogP contribution in [-0.4, -0.2) is 120 Å². The van der Waals surface area contributed by atoms with Gasteiger partial charge < -0.3 is 47.4 Å². The van der Waals surface area contributed by atoms with Crippen LogP contribution in [0.2, 0.25) is 0 Å². The first-order chi connectivity index (χ1) is 35.6. The monoisotopic (exact) mass is 1290 g/mol. The third-order valence-electron chi connectivity index (χ3n) is 15.3. The topological polar surface area (TPSA) is 263 Å². The number of rotatable bonds is 15. The summed E-state index contributed by atoms with van der Waals surface area (Å²) in [5, 5.41) is 0. The average Bonchev–Trinajstić information content (AvgIpc) is 4.06. The Bertz CT molecular complexity index is 2220. The molecule has 5 saturated heterocycles. The maximum absolute atomic E-state index is 12.0. The second kappa shape index (κ2) is 39.8. The molecule has 0 aromatic rings. The van der Waals surface area contributed by atoms with Crippen molar-refractivity contribution in [3.05, 3.63) is 0 Å². The van der Waals surface area contributed by atoms with Crippen LogP contribution in [0.1, 0.15) is 298 Å². The lowest BCUT2D eigenvalue weighted by atomic mass is 9.88. The SMILES string of the molecule is C.C.C.C.C.C.C.C.C.C.CCC(C)(C)C(=O)OC1(C)CC(C)(C)OC1=O.CCC(C)(C)C(=O)OC1(C)CCOC1=O.CCC(C)(C)C(=O)OC1C(=O)OCC1(C)C.CCC(C)(C)C(=O)OC1CC(C)(C)OC1=O.CCC(C)(C)C(=O)OC1CC(C)OC1=O. The molecule has 5 heterocycles. The van der Waals surface area contributed by atoms with Crippen molar-refractivity contribution in [2.24, 2.45) is 32.5 Å². The van der Waals surface area contributed by atoms with Gasteiger partial charge in [0.2, 0.25) is 29.5 Å². The van der Waals surface area contributed by atoms with Crippen LogP contribution in [0.15, 0.2) is 0 Å². The molecule has 0 aromatic carbocycles. The van der Waals surface area contributed by atoms with Gasteiger partial charge in [-0.3, -0.25) is 24.0 Å². The van der Waals surface area contributed by atoms with E-state index in [0.29, 0.717) is 71.0 Å². The van der Waals surface area contributed by atoms with E-state index in [4.69, 9.17) is 47.4 Å². The first kappa shape index (κ1) is 105. The number of carbonyl (C=O) groups excluding carboxylic acids is 10. The minimum Gasteiger partial charge on any atom is -0.463 e. The molecule has 5 aliphatic heterocycles. The van der Waals surface area contributed by atoms with Gasteiger partial charge in [0.05, 0.1) is 33.7 Å². The number of esters is 10. The highest BCUT2D eigenvalue weighted by molar-refractivity contribution is 5.88. The zero-order valence-corrected chi connectivity index (χ0v) is 52.3. The fourth-order valence-electron chi connectivity index (χ4n) is 7.05. The molecule has 0 saturated carbocycles. The molecule has 0 amide bonds. The second-order valence-electron chi connectivity index (χ2n) is 26.7. The predicted octanol–water partition coefficient (Wildman–Crippen LogP) is 16.1. The molecule has 20 nitrogen and oxygen atoms in total. The van der Waals surface area contributed by atoms with Crippen LogP contribution < -0.4 is 0 Å². The molecule has 0 radical (unpaired) electrons. The molecule has 0 aliphatic carbocycles. The molecular formula is C69H138O20. The third kappa shape index (κ3) is 30.1. The highest BCUT2D eigenvalue weighted by Gasteiger charge is 2.54. The fourth-order valence-corrected chi connectivity index (χ4v) is 7.05. The van der Waals surface area contributed by atoms with Gasteiger partial charge in [-0.25, -0.2) is 24.0 Å². The molecule has 5 aliphatic rings. The summed E-state index contributed by atoms with van der Waals surface area (Å²) in [6, 6.07) is 0. The van der Waals surface area contributed by atoms with Crippen molar-refractivity contribution in [1.29, 1.82) is 0 Å². The first-order valence-corrected chi connectivity index (χ1v) is 27.7. The molecule has 0 N–H and O–H groups in total. The van der Waals surface area contributed by atoms with Gasteiger partial charge in [-0.05, 0) is 150 Å². The molecule has 6 atom stereocenters. The summed E-state index contributed by atoms with van der Waals surface area (Å²) < 4.78 is 51.2. The van der Waals surface area contributed by atoms with E-state index in [1.165, 1.54) is 0 Å². The molecule has 0 spiro atoms. The Hall–Kier alpha value is -5.30. The number of cyclic esters (lactones) is 5. The van der Waals surface area contributed by atoms with E-state index in [2.05, 4.69) is 0 Å². The van der Waals surface area contributed by atoms with Gasteiger partial charge in [-0.1, -0.05) is 123 Å². The summed E-state index contributed by atoms with van der Waals surface area (Å²) in [5.41, 5.74) is -6.52. The van der Waals surface area contributed by atoms with Gasteiger partial charge in [0.15, 0.2) is 0 Å². The van der Waals surface area contributed by atoms with E-state index in [1.807, 2.05) is 104 Å². The van der Waals surface area contributed by atoms with Gasteiger partial charge >= 0.3 is 59.7 Å². The van der Waals surface area contributed by atoms with Crippen LogP contribution in [0.25, 0.3) is 0 Å². The molecule has 0 aromatic heterocycles. The van der Waals surface area contributed by atoms with Gasteiger partial charge in [-0.15, -0.1) is 0 Å². The molecule has 6 unspecified atom stereocenters. The van der Waals surface area contributed by atoms with Gasteiger partial charge in [-0.2, -0.15) is 0 Å². The Morgan fingerprint density at radius 3 is 1.09 bits per heavy atom. The summed E-state index contributed by atoms with van der Waals surface area (Å²) in [6.07, 6.45) is 2.73. The van der Waals surface area contributed by atoms with Gasteiger partial charge in [0, 0.05) is 31.1 Å². The molecule has 5 fully saturated rings. The lowest BCUT2D eigenvalue weighted by Crippen LogP contribution is -2.41. The molecule has 0 bridgehead atoms. The van der Waals surface area contributed by atoms with E-state index in [-0.39, 0.29) is 110 Å².